The third kappa shape index (κ3) is 2.66. The maximum atomic E-state index is 11.0. The normalized spacial score (nSPS) is 10.2. The number of hydrogen-bond acceptors (Lipinski definition) is 3. The molecule has 0 saturated carbocycles. The van der Waals surface area contributed by atoms with E-state index in [-0.39, 0.29) is 18.3 Å². The van der Waals surface area contributed by atoms with Crippen molar-refractivity contribution in [2.24, 2.45) is 0 Å². The smallest absolute Gasteiger partial charge is 0.257 e. The molecule has 0 radical (unpaired) electrons. The molecule has 0 aliphatic rings. The van der Waals surface area contributed by atoms with E-state index in [2.05, 4.69) is 5.32 Å². The number of amides is 1. The molecule has 0 bridgehead atoms. The molecule has 17 heavy (non-hydrogen) atoms. The van der Waals surface area contributed by atoms with E-state index >= 15 is 0 Å². The number of benzene rings is 2. The summed E-state index contributed by atoms with van der Waals surface area (Å²) in [6.07, 6.45) is 0. The van der Waals surface area contributed by atoms with E-state index in [1.165, 1.54) is 0 Å². The number of hydrogen-bond donors (Lipinski definition) is 2. The highest BCUT2D eigenvalue weighted by atomic mass is 16.5. The fraction of sp³-hybridized carbons (Fsp3) is 0.154. The van der Waals surface area contributed by atoms with Gasteiger partial charge in [-0.05, 0) is 35.0 Å². The summed E-state index contributed by atoms with van der Waals surface area (Å²) in [5.74, 6) is 0.633. The number of rotatable bonds is 3. The number of nitrogens with one attached hydrogen (secondary N) is 1. The third-order valence-electron chi connectivity index (χ3n) is 2.44. The highest BCUT2D eigenvalue weighted by Crippen LogP contribution is 2.24. The van der Waals surface area contributed by atoms with E-state index in [4.69, 9.17) is 4.74 Å². The topological polar surface area (TPSA) is 58.6 Å². The molecule has 0 aromatic heterocycles. The highest BCUT2D eigenvalue weighted by Gasteiger charge is 2.01. The van der Waals surface area contributed by atoms with Crippen LogP contribution >= 0.6 is 0 Å². The molecule has 2 rings (SSSR count). The van der Waals surface area contributed by atoms with Gasteiger partial charge >= 0.3 is 0 Å². The van der Waals surface area contributed by atoms with Crippen molar-refractivity contribution in [3.05, 3.63) is 36.4 Å². The van der Waals surface area contributed by atoms with Crippen LogP contribution in [0.2, 0.25) is 0 Å². The van der Waals surface area contributed by atoms with Crippen molar-refractivity contribution >= 4 is 16.7 Å². The van der Waals surface area contributed by atoms with E-state index < -0.39 is 0 Å². The summed E-state index contributed by atoms with van der Waals surface area (Å²) in [4.78, 5) is 11.0. The summed E-state index contributed by atoms with van der Waals surface area (Å²) in [5.41, 5.74) is 0. The summed E-state index contributed by atoms with van der Waals surface area (Å²) in [5, 5.41) is 13.7. The zero-order valence-corrected chi connectivity index (χ0v) is 9.43. The maximum Gasteiger partial charge on any atom is 0.257 e. The predicted octanol–water partition coefficient (Wildman–Crippen LogP) is 1.67. The first kappa shape index (κ1) is 11.3. The second-order valence-electron chi connectivity index (χ2n) is 3.66. The summed E-state index contributed by atoms with van der Waals surface area (Å²) >= 11 is 0. The molecular weight excluding hydrogens is 218 g/mol. The summed E-state index contributed by atoms with van der Waals surface area (Å²) in [6, 6.07) is 10.6. The standard InChI is InChI=1S/C13H13NO3/c1-14-13(16)8-17-12-5-3-9-2-4-11(15)6-10(9)7-12/h2-7,15H,8H2,1H3,(H,14,16). The van der Waals surface area contributed by atoms with Crippen molar-refractivity contribution in [1.29, 1.82) is 0 Å². The third-order valence-corrected chi connectivity index (χ3v) is 2.44. The van der Waals surface area contributed by atoms with Crippen molar-refractivity contribution in [1.82, 2.24) is 5.32 Å². The van der Waals surface area contributed by atoms with Gasteiger partial charge in [0.25, 0.3) is 5.91 Å². The Kier molecular flexibility index (Phi) is 3.14. The van der Waals surface area contributed by atoms with Crippen LogP contribution in [0.25, 0.3) is 10.8 Å². The molecule has 0 saturated heterocycles. The fourth-order valence-corrected chi connectivity index (χ4v) is 1.52. The van der Waals surface area contributed by atoms with Crippen LogP contribution in [0.4, 0.5) is 0 Å². The molecule has 0 aliphatic carbocycles. The van der Waals surface area contributed by atoms with Crippen LogP contribution in [0, 0.1) is 0 Å². The zero-order valence-electron chi connectivity index (χ0n) is 9.43. The first-order valence-electron chi connectivity index (χ1n) is 5.25. The van der Waals surface area contributed by atoms with E-state index in [1.807, 2.05) is 12.1 Å². The summed E-state index contributed by atoms with van der Waals surface area (Å²) in [7, 11) is 1.56. The van der Waals surface area contributed by atoms with Gasteiger partial charge in [-0.2, -0.15) is 0 Å². The monoisotopic (exact) mass is 231 g/mol. The van der Waals surface area contributed by atoms with Crippen LogP contribution in [-0.2, 0) is 4.79 Å². The van der Waals surface area contributed by atoms with Gasteiger partial charge in [0.05, 0.1) is 0 Å². The van der Waals surface area contributed by atoms with Gasteiger partial charge in [-0.3, -0.25) is 4.79 Å². The highest BCUT2D eigenvalue weighted by molar-refractivity contribution is 5.85. The Balaban J connectivity index is 2.22. The van der Waals surface area contributed by atoms with Gasteiger partial charge in [0.1, 0.15) is 11.5 Å². The largest absolute Gasteiger partial charge is 0.508 e. The Hall–Kier alpha value is -2.23. The van der Waals surface area contributed by atoms with E-state index in [1.54, 1.807) is 31.3 Å². The number of carbonyl (C=O) groups is 1. The lowest BCUT2D eigenvalue weighted by atomic mass is 10.1. The molecule has 1 amide bonds. The molecular formula is C13H13NO3. The van der Waals surface area contributed by atoms with Crippen LogP contribution < -0.4 is 10.1 Å². The average Bonchev–Trinajstić information content (AvgIpc) is 2.35. The number of likely N-dealkylation sites (N-methyl/N-ethyl adjacent to an activating group) is 1. The van der Waals surface area contributed by atoms with Crippen LogP contribution in [-0.4, -0.2) is 24.7 Å². The van der Waals surface area contributed by atoms with Crippen LogP contribution in [0.3, 0.4) is 0 Å². The first-order valence-corrected chi connectivity index (χ1v) is 5.25. The minimum atomic E-state index is -0.180. The number of ether oxygens (including phenoxy) is 1. The van der Waals surface area contributed by atoms with Gasteiger partial charge in [0.15, 0.2) is 6.61 Å². The fourth-order valence-electron chi connectivity index (χ4n) is 1.52. The van der Waals surface area contributed by atoms with Crippen molar-refractivity contribution < 1.29 is 14.6 Å². The lowest BCUT2D eigenvalue weighted by Crippen LogP contribution is -2.24. The van der Waals surface area contributed by atoms with E-state index in [0.717, 1.165) is 10.8 Å². The SMILES string of the molecule is CNC(=O)COc1ccc2ccc(O)cc2c1. The average molecular weight is 231 g/mol. The molecule has 2 aromatic rings. The molecule has 88 valence electrons. The molecule has 0 aliphatic heterocycles. The minimum absolute atomic E-state index is 0.0131. The Morgan fingerprint density at radius 1 is 1.24 bits per heavy atom. The first-order chi connectivity index (χ1) is 8.19. The van der Waals surface area contributed by atoms with Gasteiger partial charge in [-0.1, -0.05) is 12.1 Å². The van der Waals surface area contributed by atoms with E-state index in [0.29, 0.717) is 5.75 Å². The minimum Gasteiger partial charge on any atom is -0.508 e. The predicted molar refractivity (Wildman–Crippen MR) is 65.2 cm³/mol. The van der Waals surface area contributed by atoms with Crippen molar-refractivity contribution in [3.8, 4) is 11.5 Å². The van der Waals surface area contributed by atoms with E-state index in [9.17, 15) is 9.90 Å². The molecule has 0 spiro atoms. The lowest BCUT2D eigenvalue weighted by Gasteiger charge is -2.06. The van der Waals surface area contributed by atoms with Crippen molar-refractivity contribution in [2.45, 2.75) is 0 Å². The van der Waals surface area contributed by atoms with Gasteiger partial charge in [0, 0.05) is 7.05 Å². The Morgan fingerprint density at radius 2 is 2.00 bits per heavy atom. The number of fused-ring (bicyclic) bond motifs is 1. The second kappa shape index (κ2) is 4.74. The van der Waals surface area contributed by atoms with Crippen LogP contribution in [0.1, 0.15) is 0 Å². The van der Waals surface area contributed by atoms with Gasteiger partial charge in [0.2, 0.25) is 0 Å². The number of phenols is 1. The van der Waals surface area contributed by atoms with Gasteiger partial charge in [-0.15, -0.1) is 0 Å². The number of phenolic OH excluding ortho intramolecular Hbond substituents is 1. The number of aromatic hydroxyl groups is 1. The zero-order chi connectivity index (χ0) is 12.3. The molecule has 0 heterocycles. The second-order valence-corrected chi connectivity index (χ2v) is 3.66. The van der Waals surface area contributed by atoms with Crippen LogP contribution in [0.5, 0.6) is 11.5 Å². The Morgan fingerprint density at radius 3 is 2.76 bits per heavy atom. The molecule has 4 heteroatoms. The van der Waals surface area contributed by atoms with Gasteiger partial charge < -0.3 is 15.2 Å². The molecule has 0 fully saturated rings. The molecule has 2 aromatic carbocycles. The Labute approximate surface area is 98.8 Å². The molecule has 0 unspecified atom stereocenters. The molecule has 0 atom stereocenters. The molecule has 4 nitrogen and oxygen atoms in total. The molecule has 2 N–H and O–H groups in total. The summed E-state index contributed by atoms with van der Waals surface area (Å²) < 4.78 is 5.31. The van der Waals surface area contributed by atoms with Crippen molar-refractivity contribution in [3.63, 3.8) is 0 Å². The van der Waals surface area contributed by atoms with Crippen LogP contribution in [0.15, 0.2) is 36.4 Å². The van der Waals surface area contributed by atoms with Crippen molar-refractivity contribution in [2.75, 3.05) is 13.7 Å². The maximum absolute atomic E-state index is 11.0. The lowest BCUT2D eigenvalue weighted by molar-refractivity contribution is -0.122. The Bertz CT molecular complexity index is 551. The quantitative estimate of drug-likeness (QED) is 0.844. The summed E-state index contributed by atoms with van der Waals surface area (Å²) in [6.45, 7) is -0.0131. The van der Waals surface area contributed by atoms with Gasteiger partial charge in [-0.25, -0.2) is 0 Å². The number of carbonyl (C=O) groups excluding carboxylic acids is 1.